The Morgan fingerprint density at radius 1 is 1.56 bits per heavy atom. The van der Waals surface area contributed by atoms with Crippen LogP contribution in [0.3, 0.4) is 0 Å². The first-order chi connectivity index (χ1) is 8.66. The number of carbonyl (C=O) groups excluding carboxylic acids is 1. The van der Waals surface area contributed by atoms with Crippen molar-refractivity contribution in [2.24, 2.45) is 5.92 Å². The zero-order chi connectivity index (χ0) is 13.0. The van der Waals surface area contributed by atoms with Crippen LogP contribution in [-0.2, 0) is 0 Å². The van der Waals surface area contributed by atoms with E-state index in [1.165, 1.54) is 24.2 Å². The Morgan fingerprint density at radius 2 is 2.39 bits per heavy atom. The van der Waals surface area contributed by atoms with Crippen molar-refractivity contribution in [2.75, 3.05) is 19.6 Å². The molecule has 18 heavy (non-hydrogen) atoms. The first-order valence-electron chi connectivity index (χ1n) is 6.10. The van der Waals surface area contributed by atoms with Gasteiger partial charge in [0.2, 0.25) is 0 Å². The van der Waals surface area contributed by atoms with Gasteiger partial charge in [0.15, 0.2) is 0 Å². The molecule has 2 N–H and O–H groups in total. The molecule has 1 aromatic heterocycles. The van der Waals surface area contributed by atoms with E-state index < -0.39 is 0 Å². The Hall–Kier alpha value is -0.290. The lowest BCUT2D eigenvalue weighted by atomic mass is 9.96. The standard InChI is InChI=1S/C12H16Cl2N2OS/c13-10-6-9(11(14)18-10)12(17)16-5-3-8-2-1-4-15-7-8/h6,8,15H,1-5,7H2,(H,16,17). The minimum atomic E-state index is -0.132. The molecule has 1 amide bonds. The van der Waals surface area contributed by atoms with Crippen LogP contribution in [0.5, 0.6) is 0 Å². The number of hydrogen-bond acceptors (Lipinski definition) is 3. The van der Waals surface area contributed by atoms with E-state index in [1.54, 1.807) is 6.07 Å². The maximum absolute atomic E-state index is 11.9. The second-order valence-corrected chi connectivity index (χ2v) is 6.78. The van der Waals surface area contributed by atoms with Crippen molar-refractivity contribution >= 4 is 40.4 Å². The van der Waals surface area contributed by atoms with Crippen LogP contribution in [0.1, 0.15) is 29.6 Å². The van der Waals surface area contributed by atoms with Gasteiger partial charge in [0.05, 0.1) is 9.90 Å². The highest BCUT2D eigenvalue weighted by Crippen LogP contribution is 2.30. The van der Waals surface area contributed by atoms with Crippen LogP contribution in [0, 0.1) is 5.92 Å². The fourth-order valence-electron chi connectivity index (χ4n) is 2.15. The first-order valence-corrected chi connectivity index (χ1v) is 7.68. The van der Waals surface area contributed by atoms with Gasteiger partial charge in [-0.25, -0.2) is 0 Å². The van der Waals surface area contributed by atoms with Gasteiger partial charge < -0.3 is 10.6 Å². The zero-order valence-corrected chi connectivity index (χ0v) is 12.3. The predicted molar refractivity (Wildman–Crippen MR) is 76.9 cm³/mol. The molecule has 1 aliphatic heterocycles. The Kier molecular flexibility index (Phi) is 5.30. The SMILES string of the molecule is O=C(NCCC1CCCNC1)c1cc(Cl)sc1Cl. The van der Waals surface area contributed by atoms with E-state index in [2.05, 4.69) is 10.6 Å². The summed E-state index contributed by atoms with van der Waals surface area (Å²) in [6.07, 6.45) is 3.48. The van der Waals surface area contributed by atoms with Gasteiger partial charge >= 0.3 is 0 Å². The van der Waals surface area contributed by atoms with Gasteiger partial charge in [0, 0.05) is 6.54 Å². The molecule has 1 fully saturated rings. The Labute approximate surface area is 121 Å². The first kappa shape index (κ1) is 14.1. The summed E-state index contributed by atoms with van der Waals surface area (Å²) in [6.45, 7) is 2.86. The van der Waals surface area contributed by atoms with Gasteiger partial charge in [0.1, 0.15) is 4.34 Å². The van der Waals surface area contributed by atoms with Crippen molar-refractivity contribution in [2.45, 2.75) is 19.3 Å². The van der Waals surface area contributed by atoms with Crippen LogP contribution < -0.4 is 10.6 Å². The molecule has 100 valence electrons. The summed E-state index contributed by atoms with van der Waals surface area (Å²) in [5, 5.41) is 6.26. The lowest BCUT2D eigenvalue weighted by Crippen LogP contribution is -2.33. The average molecular weight is 307 g/mol. The molecule has 1 unspecified atom stereocenters. The minimum Gasteiger partial charge on any atom is -0.352 e. The molecule has 2 heterocycles. The second-order valence-electron chi connectivity index (χ2n) is 4.49. The van der Waals surface area contributed by atoms with E-state index in [0.717, 1.165) is 19.5 Å². The molecule has 2 rings (SSSR count). The van der Waals surface area contributed by atoms with Gasteiger partial charge in [-0.3, -0.25) is 4.79 Å². The zero-order valence-electron chi connectivity index (χ0n) is 9.97. The molecule has 6 heteroatoms. The molecule has 1 saturated heterocycles. The van der Waals surface area contributed by atoms with Crippen LogP contribution in [-0.4, -0.2) is 25.5 Å². The fourth-order valence-corrected chi connectivity index (χ4v) is 3.61. The monoisotopic (exact) mass is 306 g/mol. The number of carbonyl (C=O) groups is 1. The summed E-state index contributed by atoms with van der Waals surface area (Å²) >= 11 is 13.0. The smallest absolute Gasteiger partial charge is 0.253 e. The summed E-state index contributed by atoms with van der Waals surface area (Å²) in [5.74, 6) is 0.535. The third kappa shape index (κ3) is 3.85. The topological polar surface area (TPSA) is 41.1 Å². The third-order valence-corrected chi connectivity index (χ3v) is 4.63. The summed E-state index contributed by atoms with van der Waals surface area (Å²) in [5.41, 5.74) is 0.480. The third-order valence-electron chi connectivity index (χ3n) is 3.14. The minimum absolute atomic E-state index is 0.132. The molecule has 0 radical (unpaired) electrons. The number of thiophene rings is 1. The number of hydrogen-bond donors (Lipinski definition) is 2. The van der Waals surface area contributed by atoms with E-state index in [-0.39, 0.29) is 5.91 Å². The molecular weight excluding hydrogens is 291 g/mol. The van der Waals surface area contributed by atoms with Gasteiger partial charge in [-0.15, -0.1) is 11.3 Å². The van der Waals surface area contributed by atoms with Crippen molar-refractivity contribution < 1.29 is 4.79 Å². The van der Waals surface area contributed by atoms with Gasteiger partial charge in [-0.2, -0.15) is 0 Å². The van der Waals surface area contributed by atoms with Crippen molar-refractivity contribution in [1.82, 2.24) is 10.6 Å². The van der Waals surface area contributed by atoms with Gasteiger partial charge in [-0.05, 0) is 44.3 Å². The number of amides is 1. The molecule has 0 spiro atoms. The fraction of sp³-hybridized carbons (Fsp3) is 0.583. The normalized spacial score (nSPS) is 19.8. The number of rotatable bonds is 4. The Morgan fingerprint density at radius 3 is 3.00 bits per heavy atom. The van der Waals surface area contributed by atoms with Crippen LogP contribution in [0.2, 0.25) is 8.67 Å². The molecule has 1 aromatic rings. The molecule has 1 atom stereocenters. The van der Waals surface area contributed by atoms with E-state index in [1.807, 2.05) is 0 Å². The quantitative estimate of drug-likeness (QED) is 0.897. The van der Waals surface area contributed by atoms with Crippen LogP contribution in [0.25, 0.3) is 0 Å². The predicted octanol–water partition coefficient (Wildman–Crippen LogP) is 3.17. The largest absolute Gasteiger partial charge is 0.352 e. The van der Waals surface area contributed by atoms with Crippen molar-refractivity contribution in [3.63, 3.8) is 0 Å². The highest BCUT2D eigenvalue weighted by atomic mass is 35.5. The van der Waals surface area contributed by atoms with Gasteiger partial charge in [-0.1, -0.05) is 23.2 Å². The highest BCUT2D eigenvalue weighted by molar-refractivity contribution is 7.20. The summed E-state index contributed by atoms with van der Waals surface area (Å²) in [4.78, 5) is 11.9. The van der Waals surface area contributed by atoms with E-state index >= 15 is 0 Å². The Bertz CT molecular complexity index is 416. The summed E-state index contributed by atoms with van der Waals surface area (Å²) in [7, 11) is 0. The molecule has 0 saturated carbocycles. The lowest BCUT2D eigenvalue weighted by molar-refractivity contribution is 0.0951. The molecule has 0 aromatic carbocycles. The maximum atomic E-state index is 11.9. The van der Waals surface area contributed by atoms with Crippen molar-refractivity contribution in [3.05, 3.63) is 20.3 Å². The maximum Gasteiger partial charge on any atom is 0.253 e. The number of piperidine rings is 1. The van der Waals surface area contributed by atoms with Crippen LogP contribution in [0.4, 0.5) is 0 Å². The van der Waals surface area contributed by atoms with Gasteiger partial charge in [0.25, 0.3) is 5.91 Å². The summed E-state index contributed by atoms with van der Waals surface area (Å²) < 4.78 is 0.999. The molecule has 1 aliphatic rings. The molecule has 3 nitrogen and oxygen atoms in total. The van der Waals surface area contributed by atoms with E-state index in [0.29, 0.717) is 26.7 Å². The summed E-state index contributed by atoms with van der Waals surface area (Å²) in [6, 6.07) is 1.62. The number of nitrogens with one attached hydrogen (secondary N) is 2. The molecule has 0 aliphatic carbocycles. The average Bonchev–Trinajstić information content (AvgIpc) is 2.70. The van der Waals surface area contributed by atoms with Crippen LogP contribution in [0.15, 0.2) is 6.07 Å². The highest BCUT2D eigenvalue weighted by Gasteiger charge is 2.16. The second kappa shape index (κ2) is 6.75. The van der Waals surface area contributed by atoms with E-state index in [4.69, 9.17) is 23.2 Å². The Balaban J connectivity index is 1.76. The van der Waals surface area contributed by atoms with Crippen LogP contribution >= 0.6 is 34.5 Å². The van der Waals surface area contributed by atoms with Crippen molar-refractivity contribution in [1.29, 1.82) is 0 Å². The van der Waals surface area contributed by atoms with E-state index in [9.17, 15) is 4.79 Å². The van der Waals surface area contributed by atoms with Crippen molar-refractivity contribution in [3.8, 4) is 0 Å². The lowest BCUT2D eigenvalue weighted by Gasteiger charge is -2.22. The molecule has 0 bridgehead atoms. The number of halogens is 2. The molecular formula is C12H16Cl2N2OS.